The van der Waals surface area contributed by atoms with Crippen LogP contribution in [0, 0.1) is 0 Å². The second-order valence-electron chi connectivity index (χ2n) is 6.19. The summed E-state index contributed by atoms with van der Waals surface area (Å²) in [6.07, 6.45) is 12.9. The largest absolute Gasteiger partial charge is 0.464 e. The number of ether oxygens (including phenoxy) is 1. The van der Waals surface area contributed by atoms with Crippen molar-refractivity contribution in [1.82, 2.24) is 5.32 Å². The summed E-state index contributed by atoms with van der Waals surface area (Å²) in [5.41, 5.74) is 0. The van der Waals surface area contributed by atoms with Gasteiger partial charge in [0.15, 0.2) is 0 Å². The number of rotatable bonds is 12. The molecule has 0 radical (unpaired) electrons. The van der Waals surface area contributed by atoms with Gasteiger partial charge in [0.05, 0.1) is 19.1 Å². The van der Waals surface area contributed by atoms with Gasteiger partial charge in [0, 0.05) is 6.42 Å². The van der Waals surface area contributed by atoms with Gasteiger partial charge in [0.2, 0.25) is 5.91 Å². The number of unbranched alkanes of at least 4 members (excludes halogenated alkanes) is 5. The zero-order valence-corrected chi connectivity index (χ0v) is 14.3. The molecule has 5 nitrogen and oxygen atoms in total. The summed E-state index contributed by atoms with van der Waals surface area (Å²) >= 11 is 0. The van der Waals surface area contributed by atoms with Gasteiger partial charge < -0.3 is 15.2 Å². The van der Waals surface area contributed by atoms with Crippen LogP contribution in [0.1, 0.15) is 71.1 Å². The molecule has 1 aliphatic rings. The van der Waals surface area contributed by atoms with E-state index in [2.05, 4.69) is 24.4 Å². The van der Waals surface area contributed by atoms with Crippen molar-refractivity contribution in [2.45, 2.75) is 83.3 Å². The van der Waals surface area contributed by atoms with Gasteiger partial charge in [0.1, 0.15) is 6.04 Å². The highest BCUT2D eigenvalue weighted by Gasteiger charge is 2.28. The summed E-state index contributed by atoms with van der Waals surface area (Å²) in [5.74, 6) is -0.662. The topological polar surface area (TPSA) is 75.6 Å². The van der Waals surface area contributed by atoms with Crippen LogP contribution < -0.4 is 5.32 Å². The molecule has 2 atom stereocenters. The van der Waals surface area contributed by atoms with E-state index in [1.807, 2.05) is 0 Å². The maximum atomic E-state index is 11.7. The number of hydrogen-bond donors (Lipinski definition) is 2. The molecule has 0 aromatic carbocycles. The van der Waals surface area contributed by atoms with Crippen molar-refractivity contribution < 1.29 is 19.4 Å². The molecule has 0 aromatic rings. The minimum Gasteiger partial charge on any atom is -0.464 e. The Morgan fingerprint density at radius 2 is 2.04 bits per heavy atom. The maximum absolute atomic E-state index is 11.7. The summed E-state index contributed by atoms with van der Waals surface area (Å²) in [6, 6.07) is -0.537. The minimum atomic E-state index is -0.648. The Labute approximate surface area is 139 Å². The Kier molecular flexibility index (Phi) is 10.4. The second-order valence-corrected chi connectivity index (χ2v) is 6.19. The lowest BCUT2D eigenvalue weighted by Gasteiger charge is -2.12. The number of hydrogen-bond acceptors (Lipinski definition) is 4. The Bertz CT molecular complexity index is 381. The van der Waals surface area contributed by atoms with Crippen LogP contribution in [0.4, 0.5) is 0 Å². The first-order valence-electron chi connectivity index (χ1n) is 8.92. The highest BCUT2D eigenvalue weighted by molar-refractivity contribution is 5.85. The number of aliphatic hydroxyl groups is 1. The predicted octanol–water partition coefficient (Wildman–Crippen LogP) is 2.87. The van der Waals surface area contributed by atoms with E-state index in [-0.39, 0.29) is 18.3 Å². The molecule has 0 spiro atoms. The predicted molar refractivity (Wildman–Crippen MR) is 89.9 cm³/mol. The Morgan fingerprint density at radius 3 is 2.70 bits per heavy atom. The number of carbonyl (C=O) groups is 2. The summed E-state index contributed by atoms with van der Waals surface area (Å²) in [6.45, 7) is 2.57. The molecule has 1 amide bonds. The van der Waals surface area contributed by atoms with Gasteiger partial charge in [0.25, 0.3) is 0 Å². The molecule has 23 heavy (non-hydrogen) atoms. The van der Waals surface area contributed by atoms with E-state index in [0.29, 0.717) is 19.4 Å². The van der Waals surface area contributed by atoms with Crippen LogP contribution in [0.5, 0.6) is 0 Å². The lowest BCUT2D eigenvalue weighted by atomic mass is 10.1. The van der Waals surface area contributed by atoms with Gasteiger partial charge in [-0.1, -0.05) is 38.3 Å². The van der Waals surface area contributed by atoms with Crippen molar-refractivity contribution in [3.05, 3.63) is 12.2 Å². The quantitative estimate of drug-likeness (QED) is 0.329. The number of aliphatic hydroxyl groups excluding tert-OH is 1. The molecular weight excluding hydrogens is 294 g/mol. The first-order chi connectivity index (χ1) is 11.1. The first kappa shape index (κ1) is 19.7. The fourth-order valence-corrected chi connectivity index (χ4v) is 2.59. The van der Waals surface area contributed by atoms with Crippen molar-refractivity contribution in [2.75, 3.05) is 6.61 Å². The average molecular weight is 325 g/mol. The van der Waals surface area contributed by atoms with Crippen LogP contribution in [-0.2, 0) is 14.3 Å². The molecule has 1 rings (SSSR count). The minimum absolute atomic E-state index is 0.0461. The molecule has 1 aliphatic heterocycles. The van der Waals surface area contributed by atoms with E-state index in [0.717, 1.165) is 19.3 Å². The van der Waals surface area contributed by atoms with Crippen LogP contribution in [-0.4, -0.2) is 35.7 Å². The molecule has 0 aliphatic carbocycles. The lowest BCUT2D eigenvalue weighted by molar-refractivity contribution is -0.141. The van der Waals surface area contributed by atoms with E-state index >= 15 is 0 Å². The standard InChI is InChI=1S/C18H31NO4/c1-2-3-4-5-6-7-8-9-10-11-15(20)14-17(21)19-16-12-13-23-18(16)22/h7-8,15-16,20H,2-6,9-14H2,1H3,(H,19,21)/b8-7+. The van der Waals surface area contributed by atoms with Gasteiger partial charge in [-0.3, -0.25) is 4.79 Å². The van der Waals surface area contributed by atoms with Gasteiger partial charge in [-0.15, -0.1) is 0 Å². The van der Waals surface area contributed by atoms with Crippen LogP contribution in [0.25, 0.3) is 0 Å². The zero-order valence-electron chi connectivity index (χ0n) is 14.3. The van der Waals surface area contributed by atoms with Crippen LogP contribution in [0.2, 0.25) is 0 Å². The SMILES string of the molecule is CCCCCC/C=C/CCCC(O)CC(=O)NC1CCOC1=O. The molecule has 1 heterocycles. The van der Waals surface area contributed by atoms with Crippen LogP contribution in [0.15, 0.2) is 12.2 Å². The van der Waals surface area contributed by atoms with E-state index in [4.69, 9.17) is 4.74 Å². The van der Waals surface area contributed by atoms with Crippen molar-refractivity contribution >= 4 is 11.9 Å². The fourth-order valence-electron chi connectivity index (χ4n) is 2.59. The van der Waals surface area contributed by atoms with E-state index in [1.54, 1.807) is 0 Å². The molecule has 0 aromatic heterocycles. The van der Waals surface area contributed by atoms with E-state index in [1.165, 1.54) is 25.7 Å². The van der Waals surface area contributed by atoms with Crippen molar-refractivity contribution in [3.63, 3.8) is 0 Å². The third-order valence-electron chi connectivity index (χ3n) is 3.99. The number of allylic oxidation sites excluding steroid dienone is 2. The summed E-state index contributed by atoms with van der Waals surface area (Å²) in [4.78, 5) is 23.0. The van der Waals surface area contributed by atoms with Gasteiger partial charge in [-0.25, -0.2) is 4.79 Å². The van der Waals surface area contributed by atoms with Crippen molar-refractivity contribution in [3.8, 4) is 0 Å². The van der Waals surface area contributed by atoms with Gasteiger partial charge in [-0.2, -0.15) is 0 Å². The number of amides is 1. The Hall–Kier alpha value is -1.36. The molecule has 2 N–H and O–H groups in total. The Balaban J connectivity index is 2.01. The second kappa shape index (κ2) is 12.1. The molecule has 1 fully saturated rings. The molecule has 0 saturated carbocycles. The first-order valence-corrected chi connectivity index (χ1v) is 8.92. The average Bonchev–Trinajstić information content (AvgIpc) is 2.90. The Morgan fingerprint density at radius 1 is 1.30 bits per heavy atom. The summed E-state index contributed by atoms with van der Waals surface area (Å²) in [7, 11) is 0. The van der Waals surface area contributed by atoms with Crippen LogP contribution >= 0.6 is 0 Å². The lowest BCUT2D eigenvalue weighted by Crippen LogP contribution is -2.39. The van der Waals surface area contributed by atoms with Crippen LogP contribution in [0.3, 0.4) is 0 Å². The molecule has 132 valence electrons. The smallest absolute Gasteiger partial charge is 0.328 e. The molecule has 1 saturated heterocycles. The van der Waals surface area contributed by atoms with E-state index in [9.17, 15) is 14.7 Å². The normalized spacial score (nSPS) is 19.0. The van der Waals surface area contributed by atoms with E-state index < -0.39 is 12.1 Å². The third kappa shape index (κ3) is 9.39. The monoisotopic (exact) mass is 325 g/mol. The highest BCUT2D eigenvalue weighted by atomic mass is 16.5. The number of carbonyl (C=O) groups excluding carboxylic acids is 2. The molecular formula is C18H31NO4. The number of cyclic esters (lactones) is 1. The fraction of sp³-hybridized carbons (Fsp3) is 0.778. The molecule has 2 unspecified atom stereocenters. The third-order valence-corrected chi connectivity index (χ3v) is 3.99. The molecule has 0 bridgehead atoms. The number of nitrogens with one attached hydrogen (secondary N) is 1. The van der Waals surface area contributed by atoms with Gasteiger partial charge in [-0.05, 0) is 32.1 Å². The highest BCUT2D eigenvalue weighted by Crippen LogP contribution is 2.09. The van der Waals surface area contributed by atoms with Crippen molar-refractivity contribution in [1.29, 1.82) is 0 Å². The van der Waals surface area contributed by atoms with Gasteiger partial charge >= 0.3 is 5.97 Å². The van der Waals surface area contributed by atoms with Crippen molar-refractivity contribution in [2.24, 2.45) is 0 Å². The summed E-state index contributed by atoms with van der Waals surface area (Å²) in [5, 5.41) is 12.5. The molecule has 5 heteroatoms. The number of esters is 1. The summed E-state index contributed by atoms with van der Waals surface area (Å²) < 4.78 is 4.78. The zero-order chi connectivity index (χ0) is 16.9. The maximum Gasteiger partial charge on any atom is 0.328 e.